The predicted octanol–water partition coefficient (Wildman–Crippen LogP) is 0.273. The van der Waals surface area contributed by atoms with E-state index in [4.69, 9.17) is 16.3 Å². The van der Waals surface area contributed by atoms with E-state index in [0.717, 1.165) is 0 Å². The van der Waals surface area contributed by atoms with Crippen molar-refractivity contribution in [3.05, 3.63) is 0 Å². The van der Waals surface area contributed by atoms with Crippen LogP contribution in [0.3, 0.4) is 0 Å². The van der Waals surface area contributed by atoms with E-state index >= 15 is 0 Å². The van der Waals surface area contributed by atoms with Crippen LogP contribution in [0.5, 0.6) is 0 Å². The highest BCUT2D eigenvalue weighted by Gasteiger charge is 2.14. The number of amides is 2. The van der Waals surface area contributed by atoms with Gasteiger partial charge in [-0.25, -0.2) is 0 Å². The van der Waals surface area contributed by atoms with Crippen LogP contribution in [-0.4, -0.2) is 44.0 Å². The van der Waals surface area contributed by atoms with Gasteiger partial charge in [-0.3, -0.25) is 9.59 Å². The average molecular weight is 251 g/mol. The Morgan fingerprint density at radius 3 is 2.69 bits per heavy atom. The van der Waals surface area contributed by atoms with Crippen LogP contribution in [0.25, 0.3) is 0 Å². The molecule has 0 spiro atoms. The van der Waals surface area contributed by atoms with E-state index < -0.39 is 6.04 Å². The van der Waals surface area contributed by atoms with E-state index in [9.17, 15) is 9.59 Å². The Hall–Kier alpha value is -0.810. The third-order valence-corrected chi connectivity index (χ3v) is 2.18. The molecule has 0 aliphatic rings. The lowest BCUT2D eigenvalue weighted by molar-refractivity contribution is -0.128. The molecule has 1 atom stereocenters. The zero-order chi connectivity index (χ0) is 12.4. The lowest BCUT2D eigenvalue weighted by Crippen LogP contribution is -2.45. The second-order valence-corrected chi connectivity index (χ2v) is 3.74. The quantitative estimate of drug-likeness (QED) is 0.480. The normalized spacial score (nSPS) is 11.9. The molecule has 0 aliphatic heterocycles. The number of rotatable bonds is 8. The molecule has 2 N–H and O–H groups in total. The maximum Gasteiger partial charge on any atom is 0.242 e. The number of ether oxygens (including phenoxy) is 1. The van der Waals surface area contributed by atoms with Crippen LogP contribution in [0.4, 0.5) is 0 Å². The zero-order valence-electron chi connectivity index (χ0n) is 9.72. The minimum absolute atomic E-state index is 0.157. The molecule has 6 heteroatoms. The molecule has 94 valence electrons. The second kappa shape index (κ2) is 9.42. The third-order valence-electron chi connectivity index (χ3n) is 1.91. The monoisotopic (exact) mass is 250 g/mol. The largest absolute Gasteiger partial charge is 0.383 e. The van der Waals surface area contributed by atoms with Gasteiger partial charge in [-0.15, -0.1) is 11.6 Å². The number of carbonyl (C=O) groups is 2. The third kappa shape index (κ3) is 7.48. The van der Waals surface area contributed by atoms with Gasteiger partial charge in [-0.1, -0.05) is 0 Å². The summed E-state index contributed by atoms with van der Waals surface area (Å²) >= 11 is 5.46. The summed E-state index contributed by atoms with van der Waals surface area (Å²) in [6.45, 7) is 2.54. The molecule has 1 unspecified atom stereocenters. The van der Waals surface area contributed by atoms with Gasteiger partial charge in [-0.05, 0) is 13.3 Å². The van der Waals surface area contributed by atoms with Crippen LogP contribution in [0.15, 0.2) is 0 Å². The molecule has 0 heterocycles. The van der Waals surface area contributed by atoms with Gasteiger partial charge in [0.1, 0.15) is 6.04 Å². The summed E-state index contributed by atoms with van der Waals surface area (Å²) in [6, 6.07) is -0.528. The molecule has 0 bridgehead atoms. The Labute approximate surface area is 101 Å². The number of alkyl halides is 1. The van der Waals surface area contributed by atoms with Crippen LogP contribution >= 0.6 is 11.6 Å². The van der Waals surface area contributed by atoms with Crippen LogP contribution in [0, 0.1) is 0 Å². The van der Waals surface area contributed by atoms with Gasteiger partial charge in [0.2, 0.25) is 11.8 Å². The van der Waals surface area contributed by atoms with E-state index in [2.05, 4.69) is 10.6 Å². The van der Waals surface area contributed by atoms with Crippen LogP contribution in [0.1, 0.15) is 19.8 Å². The smallest absolute Gasteiger partial charge is 0.242 e. The molecule has 0 aliphatic carbocycles. The number of halogens is 1. The lowest BCUT2D eigenvalue weighted by atomic mass is 10.2. The maximum atomic E-state index is 11.4. The number of hydrogen-bond acceptors (Lipinski definition) is 3. The fourth-order valence-corrected chi connectivity index (χ4v) is 1.17. The topological polar surface area (TPSA) is 67.4 Å². The summed E-state index contributed by atoms with van der Waals surface area (Å²) in [7, 11) is 1.56. The Morgan fingerprint density at radius 1 is 1.44 bits per heavy atom. The van der Waals surface area contributed by atoms with Gasteiger partial charge in [-0.2, -0.15) is 0 Å². The zero-order valence-corrected chi connectivity index (χ0v) is 10.5. The first kappa shape index (κ1) is 15.2. The Bertz CT molecular complexity index is 224. The molecule has 0 saturated carbocycles. The molecule has 5 nitrogen and oxygen atoms in total. The standard InChI is InChI=1S/C10H19ClN2O3/c1-8(10(15)12-6-7-16-2)13-9(14)4-3-5-11/h8H,3-7H2,1-2H3,(H,12,15)(H,13,14). The summed E-state index contributed by atoms with van der Waals surface area (Å²) in [5, 5.41) is 5.23. The molecule has 16 heavy (non-hydrogen) atoms. The summed E-state index contributed by atoms with van der Waals surface area (Å²) in [4.78, 5) is 22.7. The van der Waals surface area contributed by atoms with Gasteiger partial charge in [0.05, 0.1) is 6.61 Å². The number of hydrogen-bond donors (Lipinski definition) is 2. The summed E-state index contributed by atoms with van der Waals surface area (Å²) in [6.07, 6.45) is 0.963. The lowest BCUT2D eigenvalue weighted by Gasteiger charge is -2.13. The first-order chi connectivity index (χ1) is 7.61. The van der Waals surface area contributed by atoms with Gasteiger partial charge >= 0.3 is 0 Å². The van der Waals surface area contributed by atoms with Crippen molar-refractivity contribution in [2.75, 3.05) is 26.1 Å². The van der Waals surface area contributed by atoms with E-state index in [1.807, 2.05) is 0 Å². The minimum Gasteiger partial charge on any atom is -0.383 e. The van der Waals surface area contributed by atoms with Crippen molar-refractivity contribution in [2.45, 2.75) is 25.8 Å². The highest BCUT2D eigenvalue weighted by molar-refractivity contribution is 6.17. The molecule has 0 rings (SSSR count). The molecule has 0 aromatic rings. The van der Waals surface area contributed by atoms with Crippen molar-refractivity contribution in [3.8, 4) is 0 Å². The molecule has 2 amide bonds. The Kier molecular flexibility index (Phi) is 8.94. The Morgan fingerprint density at radius 2 is 2.12 bits per heavy atom. The molecule has 0 aromatic carbocycles. The van der Waals surface area contributed by atoms with E-state index in [1.54, 1.807) is 14.0 Å². The molecule has 0 aromatic heterocycles. The van der Waals surface area contributed by atoms with Crippen molar-refractivity contribution < 1.29 is 14.3 Å². The van der Waals surface area contributed by atoms with Crippen LogP contribution in [-0.2, 0) is 14.3 Å². The first-order valence-electron chi connectivity index (χ1n) is 5.23. The SMILES string of the molecule is COCCNC(=O)C(C)NC(=O)CCCCl. The number of nitrogens with one attached hydrogen (secondary N) is 2. The molecule has 0 radical (unpaired) electrons. The number of methoxy groups -OCH3 is 1. The van der Waals surface area contributed by atoms with Gasteiger partial charge < -0.3 is 15.4 Å². The van der Waals surface area contributed by atoms with Crippen molar-refractivity contribution >= 4 is 23.4 Å². The van der Waals surface area contributed by atoms with Crippen LogP contribution < -0.4 is 10.6 Å². The van der Waals surface area contributed by atoms with E-state index in [-0.39, 0.29) is 11.8 Å². The maximum absolute atomic E-state index is 11.4. The first-order valence-corrected chi connectivity index (χ1v) is 5.77. The summed E-state index contributed by atoms with van der Waals surface area (Å²) < 4.78 is 4.79. The molecular weight excluding hydrogens is 232 g/mol. The van der Waals surface area contributed by atoms with Gasteiger partial charge in [0.15, 0.2) is 0 Å². The average Bonchev–Trinajstić information content (AvgIpc) is 2.26. The van der Waals surface area contributed by atoms with Crippen molar-refractivity contribution in [2.24, 2.45) is 0 Å². The van der Waals surface area contributed by atoms with E-state index in [0.29, 0.717) is 31.9 Å². The second-order valence-electron chi connectivity index (χ2n) is 3.37. The van der Waals surface area contributed by atoms with Crippen molar-refractivity contribution in [1.82, 2.24) is 10.6 Å². The minimum atomic E-state index is -0.528. The fraction of sp³-hybridized carbons (Fsp3) is 0.800. The van der Waals surface area contributed by atoms with Gasteiger partial charge in [0, 0.05) is 26.0 Å². The Balaban J connectivity index is 3.73. The summed E-state index contributed by atoms with van der Waals surface area (Å²) in [5.74, 6) is 0.0771. The van der Waals surface area contributed by atoms with Crippen LogP contribution in [0.2, 0.25) is 0 Å². The van der Waals surface area contributed by atoms with E-state index in [1.165, 1.54) is 0 Å². The molecule has 0 saturated heterocycles. The summed E-state index contributed by atoms with van der Waals surface area (Å²) in [5.41, 5.74) is 0. The van der Waals surface area contributed by atoms with Gasteiger partial charge in [0.25, 0.3) is 0 Å². The fourth-order valence-electron chi connectivity index (χ4n) is 1.04. The highest BCUT2D eigenvalue weighted by atomic mass is 35.5. The number of carbonyl (C=O) groups excluding carboxylic acids is 2. The van der Waals surface area contributed by atoms with Crippen molar-refractivity contribution in [3.63, 3.8) is 0 Å². The highest BCUT2D eigenvalue weighted by Crippen LogP contribution is 1.93. The van der Waals surface area contributed by atoms with Crippen molar-refractivity contribution in [1.29, 1.82) is 0 Å². The predicted molar refractivity (Wildman–Crippen MR) is 62.4 cm³/mol. The molecular formula is C10H19ClN2O3. The molecule has 0 fully saturated rings.